The van der Waals surface area contributed by atoms with Crippen LogP contribution in [0.5, 0.6) is 0 Å². The minimum Gasteiger partial charge on any atom is -0.354 e. The fourth-order valence-electron chi connectivity index (χ4n) is 3.01. The number of carbonyl (C=O) groups excluding carboxylic acids is 2. The van der Waals surface area contributed by atoms with E-state index in [4.69, 9.17) is 0 Å². The molecule has 7 nitrogen and oxygen atoms in total. The van der Waals surface area contributed by atoms with Crippen LogP contribution in [0.15, 0.2) is 59.5 Å². The van der Waals surface area contributed by atoms with Crippen LogP contribution in [0.3, 0.4) is 0 Å². The van der Waals surface area contributed by atoms with Crippen molar-refractivity contribution < 1.29 is 18.0 Å². The number of hydrogen-bond acceptors (Lipinski definition) is 4. The molecule has 2 N–H and O–H groups in total. The molecule has 1 atom stereocenters. The van der Waals surface area contributed by atoms with Crippen LogP contribution >= 0.6 is 0 Å². The first-order chi connectivity index (χ1) is 13.4. The second-order valence-corrected chi connectivity index (χ2v) is 8.68. The second kappa shape index (κ2) is 8.53. The molecule has 2 aromatic rings. The zero-order valence-corrected chi connectivity index (χ0v) is 16.4. The maximum Gasteiger partial charge on any atom is 0.251 e. The Morgan fingerprint density at radius 2 is 1.93 bits per heavy atom. The summed E-state index contributed by atoms with van der Waals surface area (Å²) in [7, 11) is -3.83. The largest absolute Gasteiger partial charge is 0.354 e. The highest BCUT2D eigenvalue weighted by molar-refractivity contribution is 7.89. The van der Waals surface area contributed by atoms with Crippen LogP contribution in [-0.2, 0) is 14.8 Å². The van der Waals surface area contributed by atoms with Crippen molar-refractivity contribution in [2.45, 2.75) is 17.7 Å². The number of piperazine rings is 1. The third-order valence-corrected chi connectivity index (χ3v) is 6.52. The Balaban J connectivity index is 1.70. The van der Waals surface area contributed by atoms with Crippen molar-refractivity contribution in [2.75, 3.05) is 26.2 Å². The fraction of sp³-hybridized carbons (Fsp3) is 0.300. The Kier molecular flexibility index (Phi) is 6.11. The lowest BCUT2D eigenvalue weighted by molar-refractivity contribution is -0.122. The molecule has 1 heterocycles. The summed E-state index contributed by atoms with van der Waals surface area (Å²) in [6.45, 7) is 2.71. The Hall–Kier alpha value is -2.71. The van der Waals surface area contributed by atoms with Crippen LogP contribution in [0.25, 0.3) is 0 Å². The molecule has 1 aliphatic rings. The summed E-state index contributed by atoms with van der Waals surface area (Å²) in [6.07, 6.45) is 0. The van der Waals surface area contributed by atoms with Gasteiger partial charge < -0.3 is 10.6 Å². The van der Waals surface area contributed by atoms with Gasteiger partial charge in [0.1, 0.15) is 0 Å². The summed E-state index contributed by atoms with van der Waals surface area (Å²) in [5, 5.41) is 5.45. The second-order valence-electron chi connectivity index (χ2n) is 6.74. The van der Waals surface area contributed by atoms with Crippen LogP contribution in [0.4, 0.5) is 0 Å². The number of carbonyl (C=O) groups is 2. The van der Waals surface area contributed by atoms with Crippen LogP contribution < -0.4 is 10.6 Å². The summed E-state index contributed by atoms with van der Waals surface area (Å²) in [4.78, 5) is 24.0. The maximum atomic E-state index is 12.8. The third kappa shape index (κ3) is 4.58. The van der Waals surface area contributed by atoms with Gasteiger partial charge >= 0.3 is 0 Å². The van der Waals surface area contributed by atoms with Gasteiger partial charge in [0, 0.05) is 25.2 Å². The first kappa shape index (κ1) is 20.0. The topological polar surface area (TPSA) is 95.6 Å². The van der Waals surface area contributed by atoms with E-state index in [1.54, 1.807) is 6.07 Å². The van der Waals surface area contributed by atoms with Crippen LogP contribution in [0, 0.1) is 0 Å². The van der Waals surface area contributed by atoms with Gasteiger partial charge in [0.25, 0.3) is 5.91 Å². The molecular formula is C20H23N3O4S. The molecule has 0 aliphatic carbocycles. The van der Waals surface area contributed by atoms with E-state index in [2.05, 4.69) is 10.6 Å². The van der Waals surface area contributed by atoms with Crippen molar-refractivity contribution >= 4 is 21.8 Å². The Labute approximate surface area is 164 Å². The summed E-state index contributed by atoms with van der Waals surface area (Å²) in [6, 6.07) is 15.7. The summed E-state index contributed by atoms with van der Waals surface area (Å²) in [5.74, 6) is -0.543. The van der Waals surface area contributed by atoms with Gasteiger partial charge in [-0.15, -0.1) is 0 Å². The smallest absolute Gasteiger partial charge is 0.251 e. The summed E-state index contributed by atoms with van der Waals surface area (Å²) >= 11 is 0. The van der Waals surface area contributed by atoms with Gasteiger partial charge in [-0.25, -0.2) is 8.42 Å². The Bertz CT molecular complexity index is 960. The number of sulfonamides is 1. The minimum absolute atomic E-state index is 0.00552. The Morgan fingerprint density at radius 3 is 2.64 bits per heavy atom. The van der Waals surface area contributed by atoms with Gasteiger partial charge in [0.05, 0.1) is 11.4 Å². The highest BCUT2D eigenvalue weighted by atomic mass is 32.2. The van der Waals surface area contributed by atoms with Crippen LogP contribution in [0.2, 0.25) is 0 Å². The molecule has 148 valence electrons. The van der Waals surface area contributed by atoms with Crippen molar-refractivity contribution in [1.82, 2.24) is 14.9 Å². The molecule has 1 unspecified atom stereocenters. The minimum atomic E-state index is -3.83. The lowest BCUT2D eigenvalue weighted by atomic mass is 10.0. The molecule has 1 aliphatic heterocycles. The number of nitrogens with one attached hydrogen (secondary N) is 2. The molecule has 8 heteroatoms. The van der Waals surface area contributed by atoms with Gasteiger partial charge in [0.2, 0.25) is 15.9 Å². The van der Waals surface area contributed by atoms with Gasteiger partial charge in [0.15, 0.2) is 0 Å². The van der Waals surface area contributed by atoms with E-state index in [0.29, 0.717) is 6.54 Å². The number of rotatable bonds is 6. The van der Waals surface area contributed by atoms with E-state index >= 15 is 0 Å². The maximum absolute atomic E-state index is 12.8. The highest BCUT2D eigenvalue weighted by Gasteiger charge is 2.29. The third-order valence-electron chi connectivity index (χ3n) is 4.67. The van der Waals surface area contributed by atoms with E-state index in [1.165, 1.54) is 18.2 Å². The predicted molar refractivity (Wildman–Crippen MR) is 105 cm³/mol. The van der Waals surface area contributed by atoms with Crippen molar-refractivity contribution in [3.8, 4) is 0 Å². The fourth-order valence-corrected chi connectivity index (χ4v) is 4.46. The molecule has 0 aromatic heterocycles. The molecular weight excluding hydrogens is 378 g/mol. The SMILES string of the molecule is CC(CNC(=O)c1cccc(S(=O)(=O)N2CCNC(=O)C2)c1)c1ccccc1. The summed E-state index contributed by atoms with van der Waals surface area (Å²) in [5.41, 5.74) is 1.38. The molecule has 3 rings (SSSR count). The highest BCUT2D eigenvalue weighted by Crippen LogP contribution is 2.18. The molecule has 1 fully saturated rings. The monoisotopic (exact) mass is 401 g/mol. The van der Waals surface area contributed by atoms with Gasteiger partial charge in [-0.3, -0.25) is 9.59 Å². The van der Waals surface area contributed by atoms with Crippen LogP contribution in [0.1, 0.15) is 28.8 Å². The number of hydrogen-bond donors (Lipinski definition) is 2. The Morgan fingerprint density at radius 1 is 1.18 bits per heavy atom. The zero-order chi connectivity index (χ0) is 20.1. The van der Waals surface area contributed by atoms with E-state index in [9.17, 15) is 18.0 Å². The molecule has 0 bridgehead atoms. The van der Waals surface area contributed by atoms with E-state index < -0.39 is 10.0 Å². The van der Waals surface area contributed by atoms with E-state index in [1.807, 2.05) is 37.3 Å². The van der Waals surface area contributed by atoms with Crippen molar-refractivity contribution in [3.05, 3.63) is 65.7 Å². The molecule has 0 radical (unpaired) electrons. The van der Waals surface area contributed by atoms with E-state index in [-0.39, 0.29) is 47.8 Å². The van der Waals surface area contributed by atoms with Crippen molar-refractivity contribution in [3.63, 3.8) is 0 Å². The number of amides is 2. The standard InChI is InChI=1S/C20H23N3O4S/c1-15(16-6-3-2-4-7-16)13-22-20(25)17-8-5-9-18(12-17)28(26,27)23-11-10-21-19(24)14-23/h2-9,12,15H,10-11,13-14H2,1H3,(H,21,24)(H,22,25). The average Bonchev–Trinajstić information content (AvgIpc) is 2.72. The average molecular weight is 401 g/mol. The lowest BCUT2D eigenvalue weighted by Crippen LogP contribution is -2.49. The van der Waals surface area contributed by atoms with Crippen molar-refractivity contribution in [1.29, 1.82) is 0 Å². The molecule has 2 aromatic carbocycles. The van der Waals surface area contributed by atoms with Crippen molar-refractivity contribution in [2.24, 2.45) is 0 Å². The van der Waals surface area contributed by atoms with E-state index in [0.717, 1.165) is 9.87 Å². The van der Waals surface area contributed by atoms with Crippen LogP contribution in [-0.4, -0.2) is 50.7 Å². The molecule has 0 saturated carbocycles. The zero-order valence-electron chi connectivity index (χ0n) is 15.6. The van der Waals surface area contributed by atoms with Gasteiger partial charge in [-0.1, -0.05) is 43.3 Å². The number of nitrogens with zero attached hydrogens (tertiary/aromatic N) is 1. The molecule has 1 saturated heterocycles. The summed E-state index contributed by atoms with van der Waals surface area (Å²) < 4.78 is 26.7. The first-order valence-electron chi connectivity index (χ1n) is 9.08. The quantitative estimate of drug-likeness (QED) is 0.764. The van der Waals surface area contributed by atoms with Gasteiger partial charge in [-0.2, -0.15) is 4.31 Å². The lowest BCUT2D eigenvalue weighted by Gasteiger charge is -2.26. The predicted octanol–water partition coefficient (Wildman–Crippen LogP) is 1.34. The number of benzene rings is 2. The normalized spacial score (nSPS) is 16.2. The molecule has 0 spiro atoms. The molecule has 28 heavy (non-hydrogen) atoms. The first-order valence-corrected chi connectivity index (χ1v) is 10.5. The molecule has 2 amide bonds. The van der Waals surface area contributed by atoms with Gasteiger partial charge in [-0.05, 0) is 29.7 Å².